The molecule has 0 aliphatic rings. The first-order valence-electron chi connectivity index (χ1n) is 7.77. The van der Waals surface area contributed by atoms with Crippen LogP contribution in [0.3, 0.4) is 0 Å². The van der Waals surface area contributed by atoms with E-state index >= 15 is 0 Å². The highest BCUT2D eigenvalue weighted by atomic mass is 32.1. The van der Waals surface area contributed by atoms with Crippen LogP contribution in [-0.4, -0.2) is 17.9 Å². The lowest BCUT2D eigenvalue weighted by molar-refractivity contribution is 0.0715. The fourth-order valence-electron chi connectivity index (χ4n) is 2.57. The fourth-order valence-corrected chi connectivity index (χ4v) is 3.47. The van der Waals surface area contributed by atoms with Crippen LogP contribution in [-0.2, 0) is 13.1 Å². The van der Waals surface area contributed by atoms with E-state index in [4.69, 9.17) is 9.15 Å². The van der Waals surface area contributed by atoms with Gasteiger partial charge in [0.2, 0.25) is 0 Å². The van der Waals surface area contributed by atoms with Crippen molar-refractivity contribution in [2.45, 2.75) is 20.0 Å². The Morgan fingerprint density at radius 2 is 2.08 bits per heavy atom. The highest BCUT2D eigenvalue weighted by Crippen LogP contribution is 2.25. The van der Waals surface area contributed by atoms with E-state index < -0.39 is 5.82 Å². The number of carbonyl (C=O) groups excluding carboxylic acids is 1. The molecule has 0 aliphatic heterocycles. The van der Waals surface area contributed by atoms with E-state index in [1.54, 1.807) is 28.6 Å². The zero-order valence-corrected chi connectivity index (χ0v) is 14.8. The van der Waals surface area contributed by atoms with E-state index in [0.717, 1.165) is 4.88 Å². The van der Waals surface area contributed by atoms with Crippen molar-refractivity contribution in [1.82, 2.24) is 4.90 Å². The van der Waals surface area contributed by atoms with Crippen LogP contribution in [0.5, 0.6) is 5.75 Å². The molecule has 2 aromatic heterocycles. The molecule has 0 saturated heterocycles. The average molecular weight is 359 g/mol. The van der Waals surface area contributed by atoms with E-state index in [2.05, 4.69) is 0 Å². The number of methoxy groups -OCH3 is 1. The summed E-state index contributed by atoms with van der Waals surface area (Å²) < 4.78 is 24.3. The van der Waals surface area contributed by atoms with Crippen molar-refractivity contribution in [3.63, 3.8) is 0 Å². The first-order chi connectivity index (χ1) is 12.1. The number of rotatable bonds is 6. The molecule has 2 heterocycles. The zero-order chi connectivity index (χ0) is 17.8. The second-order valence-electron chi connectivity index (χ2n) is 5.60. The van der Waals surface area contributed by atoms with Crippen molar-refractivity contribution in [2.24, 2.45) is 0 Å². The Hall–Kier alpha value is -2.60. The van der Waals surface area contributed by atoms with Gasteiger partial charge in [0.15, 0.2) is 0 Å². The van der Waals surface area contributed by atoms with Crippen molar-refractivity contribution in [2.75, 3.05) is 7.11 Å². The molecule has 1 amide bonds. The average Bonchev–Trinajstić information content (AvgIpc) is 3.25. The summed E-state index contributed by atoms with van der Waals surface area (Å²) >= 11 is 1.62. The minimum absolute atomic E-state index is 0.197. The molecule has 4 nitrogen and oxygen atoms in total. The zero-order valence-electron chi connectivity index (χ0n) is 14.0. The number of carbonyl (C=O) groups is 1. The second-order valence-corrected chi connectivity index (χ2v) is 6.97. The van der Waals surface area contributed by atoms with Gasteiger partial charge in [-0.3, -0.25) is 4.79 Å². The molecule has 25 heavy (non-hydrogen) atoms. The third kappa shape index (κ3) is 4.09. The summed E-state index contributed by atoms with van der Waals surface area (Å²) in [5, 5.41) is 0. The highest BCUT2D eigenvalue weighted by Gasteiger charge is 2.22. The van der Waals surface area contributed by atoms with Gasteiger partial charge in [-0.2, -0.15) is 0 Å². The molecule has 130 valence electrons. The van der Waals surface area contributed by atoms with Crippen molar-refractivity contribution >= 4 is 17.2 Å². The number of benzene rings is 1. The number of nitrogens with zero attached hydrogens (tertiary/aromatic N) is 1. The molecule has 1 aromatic carbocycles. The van der Waals surface area contributed by atoms with Gasteiger partial charge >= 0.3 is 0 Å². The molecule has 3 aromatic rings. The Morgan fingerprint density at radius 1 is 1.24 bits per heavy atom. The maximum Gasteiger partial charge on any atom is 0.258 e. The number of thiophene rings is 1. The fraction of sp³-hybridized carbons (Fsp3) is 0.211. The quantitative estimate of drug-likeness (QED) is 0.644. The van der Waals surface area contributed by atoms with Gasteiger partial charge in [0.25, 0.3) is 5.91 Å². The lowest BCUT2D eigenvalue weighted by Gasteiger charge is -2.22. The molecular formula is C19H18FNO3S. The lowest BCUT2D eigenvalue weighted by Crippen LogP contribution is -2.30. The van der Waals surface area contributed by atoms with Gasteiger partial charge in [-0.05, 0) is 49.4 Å². The van der Waals surface area contributed by atoms with Crippen LogP contribution in [0.2, 0.25) is 0 Å². The van der Waals surface area contributed by atoms with Gasteiger partial charge < -0.3 is 14.1 Å². The largest absolute Gasteiger partial charge is 0.496 e. The van der Waals surface area contributed by atoms with Crippen LogP contribution < -0.4 is 4.74 Å². The summed E-state index contributed by atoms with van der Waals surface area (Å²) in [6.07, 6.45) is 1.57. The molecule has 0 bridgehead atoms. The summed E-state index contributed by atoms with van der Waals surface area (Å²) in [5.41, 5.74) is 0.197. The monoisotopic (exact) mass is 359 g/mol. The van der Waals surface area contributed by atoms with Crippen LogP contribution in [0.4, 0.5) is 4.39 Å². The van der Waals surface area contributed by atoms with Crippen molar-refractivity contribution < 1.29 is 18.3 Å². The predicted octanol–water partition coefficient (Wildman–Crippen LogP) is 4.64. The molecule has 0 radical (unpaired) electrons. The summed E-state index contributed by atoms with van der Waals surface area (Å²) in [6, 6.07) is 11.5. The topological polar surface area (TPSA) is 42.7 Å². The molecule has 0 saturated carbocycles. The van der Waals surface area contributed by atoms with Crippen molar-refractivity contribution in [1.29, 1.82) is 0 Å². The molecular weight excluding hydrogens is 341 g/mol. The second kappa shape index (κ2) is 7.53. The molecule has 3 rings (SSSR count). The maximum atomic E-state index is 13.7. The summed E-state index contributed by atoms with van der Waals surface area (Å²) in [5.74, 6) is 0.225. The van der Waals surface area contributed by atoms with Crippen molar-refractivity contribution in [3.05, 3.63) is 75.6 Å². The number of ether oxygens (including phenoxy) is 1. The van der Waals surface area contributed by atoms with Crippen LogP contribution in [0.1, 0.15) is 25.9 Å². The van der Waals surface area contributed by atoms with E-state index in [1.165, 1.54) is 30.2 Å². The minimum Gasteiger partial charge on any atom is -0.496 e. The lowest BCUT2D eigenvalue weighted by atomic mass is 10.1. The minimum atomic E-state index is -0.478. The van der Waals surface area contributed by atoms with E-state index in [-0.39, 0.29) is 11.5 Å². The summed E-state index contributed by atoms with van der Waals surface area (Å²) in [7, 11) is 1.46. The Bertz CT molecular complexity index is 857. The number of hydrogen-bond acceptors (Lipinski definition) is 4. The van der Waals surface area contributed by atoms with Crippen LogP contribution in [0, 0.1) is 12.7 Å². The number of amides is 1. The molecule has 0 N–H and O–H groups in total. The maximum absolute atomic E-state index is 13.7. The first kappa shape index (κ1) is 17.2. The molecule has 0 fully saturated rings. The Balaban J connectivity index is 1.92. The van der Waals surface area contributed by atoms with Gasteiger partial charge in [-0.25, -0.2) is 4.39 Å². The van der Waals surface area contributed by atoms with Gasteiger partial charge in [-0.1, -0.05) is 0 Å². The number of furan rings is 1. The summed E-state index contributed by atoms with van der Waals surface area (Å²) in [6.45, 7) is 2.72. The van der Waals surface area contributed by atoms with Crippen LogP contribution in [0.15, 0.2) is 53.1 Å². The predicted molar refractivity (Wildman–Crippen MR) is 94.3 cm³/mol. The molecule has 6 heteroatoms. The SMILES string of the molecule is COc1ccc(F)cc1C(=O)N(Cc1ccco1)Cc1ccc(C)s1. The first-order valence-corrected chi connectivity index (χ1v) is 8.59. The van der Waals surface area contributed by atoms with Gasteiger partial charge in [-0.15, -0.1) is 11.3 Å². The number of aryl methyl sites for hydroxylation is 1. The Labute approximate surface area is 149 Å². The van der Waals surface area contributed by atoms with Crippen LogP contribution >= 0.6 is 11.3 Å². The smallest absolute Gasteiger partial charge is 0.258 e. The normalized spacial score (nSPS) is 10.7. The molecule has 0 unspecified atom stereocenters. The molecule has 0 atom stereocenters. The number of hydrogen-bond donors (Lipinski definition) is 0. The third-order valence-electron chi connectivity index (χ3n) is 3.75. The molecule has 0 spiro atoms. The van der Waals surface area contributed by atoms with Gasteiger partial charge in [0.05, 0.1) is 32.0 Å². The third-order valence-corrected chi connectivity index (χ3v) is 4.73. The van der Waals surface area contributed by atoms with E-state index in [9.17, 15) is 9.18 Å². The Morgan fingerprint density at radius 3 is 2.72 bits per heavy atom. The standard InChI is InChI=1S/C19H18FNO3S/c1-13-5-7-16(25-13)12-21(11-15-4-3-9-24-15)19(22)17-10-14(20)6-8-18(17)23-2/h3-10H,11-12H2,1-2H3. The van der Waals surface area contributed by atoms with Crippen molar-refractivity contribution in [3.8, 4) is 5.75 Å². The van der Waals surface area contributed by atoms with Crippen LogP contribution in [0.25, 0.3) is 0 Å². The van der Waals surface area contributed by atoms with E-state index in [1.807, 2.05) is 25.1 Å². The summed E-state index contributed by atoms with van der Waals surface area (Å²) in [4.78, 5) is 16.9. The van der Waals surface area contributed by atoms with Gasteiger partial charge in [0.1, 0.15) is 17.3 Å². The van der Waals surface area contributed by atoms with E-state index in [0.29, 0.717) is 24.6 Å². The highest BCUT2D eigenvalue weighted by molar-refractivity contribution is 7.11. The Kier molecular flexibility index (Phi) is 5.19. The van der Waals surface area contributed by atoms with Gasteiger partial charge in [0, 0.05) is 9.75 Å². The number of halogens is 1. The molecule has 0 aliphatic carbocycles.